The van der Waals surface area contributed by atoms with Crippen LogP contribution in [0.1, 0.15) is 32.7 Å². The number of nitrogens with zero attached hydrogens (tertiary/aromatic N) is 3. The molecule has 0 spiro atoms. The van der Waals surface area contributed by atoms with Gasteiger partial charge in [0, 0.05) is 18.7 Å². The van der Waals surface area contributed by atoms with Crippen LogP contribution in [0.15, 0.2) is 58.9 Å². The molecule has 3 amide bonds. The molecule has 146 valence electrons. The van der Waals surface area contributed by atoms with Gasteiger partial charge in [0.05, 0.1) is 11.1 Å². The van der Waals surface area contributed by atoms with E-state index in [0.29, 0.717) is 16.3 Å². The molecule has 0 atom stereocenters. The van der Waals surface area contributed by atoms with E-state index in [4.69, 9.17) is 0 Å². The molecule has 7 nitrogen and oxygen atoms in total. The van der Waals surface area contributed by atoms with E-state index in [0.717, 1.165) is 15.0 Å². The second-order valence-corrected chi connectivity index (χ2v) is 8.45. The fourth-order valence-corrected chi connectivity index (χ4v) is 4.60. The summed E-state index contributed by atoms with van der Waals surface area (Å²) < 4.78 is 0.754. The van der Waals surface area contributed by atoms with E-state index in [-0.39, 0.29) is 30.7 Å². The average molecular weight is 425 g/mol. The van der Waals surface area contributed by atoms with Gasteiger partial charge in [-0.2, -0.15) is 0 Å². The summed E-state index contributed by atoms with van der Waals surface area (Å²) in [5.74, 6) is -0.288. The van der Waals surface area contributed by atoms with Crippen LogP contribution in [0.3, 0.4) is 0 Å². The standard InChI is InChI=1S/C20H16N4O3S2/c25-16(10-11-24-17(26)14-8-4-5-9-15(14)18(24)27)21-19-22-23-20(29-19)28-12-13-6-2-1-3-7-13/h1-9H,10-12H2,(H,21,22,25). The molecule has 1 aromatic heterocycles. The fraction of sp³-hybridized carbons (Fsp3) is 0.150. The lowest BCUT2D eigenvalue weighted by molar-refractivity contribution is -0.116. The van der Waals surface area contributed by atoms with E-state index in [1.807, 2.05) is 30.3 Å². The average Bonchev–Trinajstić information content (AvgIpc) is 3.29. The molecule has 29 heavy (non-hydrogen) atoms. The largest absolute Gasteiger partial charge is 0.300 e. The molecule has 1 aliphatic heterocycles. The smallest absolute Gasteiger partial charge is 0.261 e. The summed E-state index contributed by atoms with van der Waals surface area (Å²) >= 11 is 2.84. The van der Waals surface area contributed by atoms with E-state index < -0.39 is 0 Å². The molecule has 0 fully saturated rings. The predicted octanol–water partition coefficient (Wildman–Crippen LogP) is 3.46. The second-order valence-electron chi connectivity index (χ2n) is 6.25. The number of hydrogen-bond donors (Lipinski definition) is 1. The molecule has 0 saturated carbocycles. The van der Waals surface area contributed by atoms with Crippen molar-refractivity contribution in [2.45, 2.75) is 16.5 Å². The van der Waals surface area contributed by atoms with Crippen molar-refractivity contribution in [3.63, 3.8) is 0 Å². The Morgan fingerprint density at radius 1 is 0.966 bits per heavy atom. The first kappa shape index (κ1) is 19.3. The summed E-state index contributed by atoms with van der Waals surface area (Å²) in [5, 5.41) is 11.1. The van der Waals surface area contributed by atoms with E-state index in [1.54, 1.807) is 36.0 Å². The summed E-state index contributed by atoms with van der Waals surface area (Å²) in [6, 6.07) is 16.7. The second kappa shape index (κ2) is 8.54. The van der Waals surface area contributed by atoms with Crippen LogP contribution in [0.2, 0.25) is 0 Å². The predicted molar refractivity (Wildman–Crippen MR) is 111 cm³/mol. The van der Waals surface area contributed by atoms with E-state index in [9.17, 15) is 14.4 Å². The minimum absolute atomic E-state index is 0.00244. The van der Waals surface area contributed by atoms with E-state index in [1.165, 1.54) is 16.9 Å². The van der Waals surface area contributed by atoms with Crippen LogP contribution >= 0.6 is 23.1 Å². The molecule has 2 aromatic carbocycles. The van der Waals surface area contributed by atoms with Gasteiger partial charge in [-0.15, -0.1) is 10.2 Å². The Kier molecular flexibility index (Phi) is 5.68. The number of imide groups is 1. The topological polar surface area (TPSA) is 92.3 Å². The minimum atomic E-state index is -0.367. The van der Waals surface area contributed by atoms with Gasteiger partial charge in [0.15, 0.2) is 4.34 Å². The fourth-order valence-electron chi connectivity index (χ4n) is 2.88. The molecule has 0 aliphatic carbocycles. The van der Waals surface area contributed by atoms with E-state index in [2.05, 4.69) is 15.5 Å². The molecule has 0 unspecified atom stereocenters. The number of amides is 3. The Morgan fingerprint density at radius 3 is 2.31 bits per heavy atom. The van der Waals surface area contributed by atoms with Crippen molar-refractivity contribution >= 4 is 46.0 Å². The Balaban J connectivity index is 1.28. The maximum absolute atomic E-state index is 12.3. The number of carbonyl (C=O) groups is 3. The molecule has 9 heteroatoms. The number of thioether (sulfide) groups is 1. The first-order valence-corrected chi connectivity index (χ1v) is 10.7. The first-order chi connectivity index (χ1) is 14.1. The number of carbonyl (C=O) groups excluding carboxylic acids is 3. The van der Waals surface area contributed by atoms with Crippen molar-refractivity contribution < 1.29 is 14.4 Å². The molecule has 3 aromatic rings. The van der Waals surface area contributed by atoms with Crippen LogP contribution in [0, 0.1) is 0 Å². The highest BCUT2D eigenvalue weighted by Gasteiger charge is 2.34. The quantitative estimate of drug-likeness (QED) is 0.355. The molecular weight excluding hydrogens is 408 g/mol. The van der Waals surface area contributed by atoms with Crippen LogP contribution in [0.25, 0.3) is 0 Å². The van der Waals surface area contributed by atoms with Gasteiger partial charge in [-0.05, 0) is 17.7 Å². The molecule has 0 bridgehead atoms. The summed E-state index contributed by atoms with van der Waals surface area (Å²) in [6.45, 7) is 0.0204. The number of anilines is 1. The van der Waals surface area contributed by atoms with Gasteiger partial charge in [-0.3, -0.25) is 19.3 Å². The van der Waals surface area contributed by atoms with Gasteiger partial charge >= 0.3 is 0 Å². The van der Waals surface area contributed by atoms with Gasteiger partial charge in [-0.1, -0.05) is 65.6 Å². The SMILES string of the molecule is O=C(CCN1C(=O)c2ccccc2C1=O)Nc1nnc(SCc2ccccc2)s1. The monoisotopic (exact) mass is 424 g/mol. The number of fused-ring (bicyclic) bond motifs is 1. The Labute approximate surface area is 175 Å². The highest BCUT2D eigenvalue weighted by molar-refractivity contribution is 8.00. The summed E-state index contributed by atoms with van der Waals surface area (Å²) in [5.41, 5.74) is 1.93. The molecule has 1 N–H and O–H groups in total. The van der Waals surface area contributed by atoms with Crippen LogP contribution in [-0.4, -0.2) is 39.4 Å². The number of hydrogen-bond acceptors (Lipinski definition) is 7. The Bertz CT molecular complexity index is 1030. The lowest BCUT2D eigenvalue weighted by Gasteiger charge is -2.12. The van der Waals surface area contributed by atoms with Gasteiger partial charge in [-0.25, -0.2) is 0 Å². The molecule has 4 rings (SSSR count). The zero-order valence-electron chi connectivity index (χ0n) is 15.2. The van der Waals surface area contributed by atoms with Crippen molar-refractivity contribution in [2.75, 3.05) is 11.9 Å². The van der Waals surface area contributed by atoms with Crippen molar-refractivity contribution in [1.29, 1.82) is 0 Å². The number of rotatable bonds is 7. The first-order valence-electron chi connectivity index (χ1n) is 8.87. The van der Waals surface area contributed by atoms with Gasteiger partial charge < -0.3 is 5.32 Å². The van der Waals surface area contributed by atoms with Crippen molar-refractivity contribution in [3.05, 3.63) is 71.3 Å². The number of nitrogens with one attached hydrogen (secondary N) is 1. The summed E-state index contributed by atoms with van der Waals surface area (Å²) in [7, 11) is 0. The number of benzene rings is 2. The third-order valence-corrected chi connectivity index (χ3v) is 6.34. The summed E-state index contributed by atoms with van der Waals surface area (Å²) in [6.07, 6.45) is -0.00244. The van der Waals surface area contributed by atoms with Crippen LogP contribution in [0.4, 0.5) is 5.13 Å². The molecule has 0 radical (unpaired) electrons. The van der Waals surface area contributed by atoms with Crippen LogP contribution in [-0.2, 0) is 10.5 Å². The van der Waals surface area contributed by atoms with Gasteiger partial charge in [0.2, 0.25) is 11.0 Å². The van der Waals surface area contributed by atoms with Crippen molar-refractivity contribution in [2.24, 2.45) is 0 Å². The third kappa shape index (κ3) is 4.36. The maximum atomic E-state index is 12.3. The Hall–Kier alpha value is -3.04. The molecule has 0 saturated heterocycles. The molecule has 2 heterocycles. The lowest BCUT2D eigenvalue weighted by atomic mass is 10.1. The maximum Gasteiger partial charge on any atom is 0.261 e. The molecular formula is C20H16N4O3S2. The third-order valence-electron chi connectivity index (χ3n) is 4.30. The van der Waals surface area contributed by atoms with Gasteiger partial charge in [0.1, 0.15) is 0 Å². The van der Waals surface area contributed by atoms with Crippen LogP contribution in [0.5, 0.6) is 0 Å². The number of aromatic nitrogens is 2. The van der Waals surface area contributed by atoms with Crippen molar-refractivity contribution in [1.82, 2.24) is 15.1 Å². The van der Waals surface area contributed by atoms with E-state index >= 15 is 0 Å². The highest BCUT2D eigenvalue weighted by Crippen LogP contribution is 2.28. The highest BCUT2D eigenvalue weighted by atomic mass is 32.2. The van der Waals surface area contributed by atoms with Crippen molar-refractivity contribution in [3.8, 4) is 0 Å². The lowest BCUT2D eigenvalue weighted by Crippen LogP contribution is -2.32. The Morgan fingerprint density at radius 2 is 1.62 bits per heavy atom. The van der Waals surface area contributed by atoms with Gasteiger partial charge in [0.25, 0.3) is 11.8 Å². The normalized spacial score (nSPS) is 12.9. The zero-order valence-corrected chi connectivity index (χ0v) is 16.8. The van der Waals surface area contributed by atoms with Crippen LogP contribution < -0.4 is 5.32 Å². The minimum Gasteiger partial charge on any atom is -0.300 e. The zero-order chi connectivity index (χ0) is 20.2. The molecule has 1 aliphatic rings. The summed E-state index contributed by atoms with van der Waals surface area (Å²) in [4.78, 5) is 38.0.